The summed E-state index contributed by atoms with van der Waals surface area (Å²) in [7, 11) is 0. The Bertz CT molecular complexity index is 716. The second-order valence-corrected chi connectivity index (χ2v) is 6.44. The Balaban J connectivity index is 2.02. The van der Waals surface area contributed by atoms with E-state index >= 15 is 0 Å². The minimum atomic E-state index is -0.392. The number of nitrogens with one attached hydrogen (secondary N) is 1. The zero-order chi connectivity index (χ0) is 15.2. The topological polar surface area (TPSA) is 52.9 Å². The summed E-state index contributed by atoms with van der Waals surface area (Å²) >= 11 is 10.6. The van der Waals surface area contributed by atoms with Crippen molar-refractivity contribution >= 4 is 50.9 Å². The van der Waals surface area contributed by atoms with Crippen LogP contribution < -0.4 is 5.32 Å². The molecule has 2 rings (SSSR count). The Labute approximate surface area is 140 Å². The number of hydrogen-bond donors (Lipinski definition) is 1. The monoisotopic (exact) mass is 380 g/mol. The lowest BCUT2D eigenvalue weighted by atomic mass is 10.2. The van der Waals surface area contributed by atoms with Gasteiger partial charge in [-0.25, -0.2) is 0 Å². The third kappa shape index (κ3) is 4.71. The molecule has 1 heterocycles. The van der Waals surface area contributed by atoms with Crippen LogP contribution >= 0.6 is 38.9 Å². The summed E-state index contributed by atoms with van der Waals surface area (Å²) in [5.41, 5.74) is 1.00. The van der Waals surface area contributed by atoms with Gasteiger partial charge in [0.2, 0.25) is 0 Å². The molecule has 0 atom stereocenters. The molecular weight excluding hydrogens is 372 g/mol. The average molecular weight is 382 g/mol. The fourth-order valence-corrected chi connectivity index (χ4v) is 3.08. The van der Waals surface area contributed by atoms with E-state index in [0.29, 0.717) is 11.6 Å². The van der Waals surface area contributed by atoms with Gasteiger partial charge in [0.05, 0.1) is 0 Å². The number of carbonyl (C=O) groups excluding carboxylic acids is 1. The molecule has 0 unspecified atom stereocenters. The number of halogens is 2. The molecule has 0 saturated heterocycles. The first-order chi connectivity index (χ1) is 10.1. The molecule has 0 bridgehead atoms. The van der Waals surface area contributed by atoms with Gasteiger partial charge in [-0.1, -0.05) is 23.7 Å². The van der Waals surface area contributed by atoms with Gasteiger partial charge < -0.3 is 5.32 Å². The molecule has 1 aromatic carbocycles. The van der Waals surface area contributed by atoms with E-state index in [1.165, 1.54) is 11.3 Å². The van der Waals surface area contributed by atoms with E-state index in [-0.39, 0.29) is 5.57 Å². The van der Waals surface area contributed by atoms with Crippen molar-refractivity contribution in [3.05, 3.63) is 61.2 Å². The number of rotatable bonds is 4. The van der Waals surface area contributed by atoms with Gasteiger partial charge in [0.15, 0.2) is 0 Å². The number of benzene rings is 1. The predicted octanol–water partition coefficient (Wildman–Crippen LogP) is 4.39. The lowest BCUT2D eigenvalue weighted by Crippen LogP contribution is -2.23. The van der Waals surface area contributed by atoms with Gasteiger partial charge in [-0.05, 0) is 45.8 Å². The van der Waals surface area contributed by atoms with E-state index in [0.717, 1.165) is 14.9 Å². The molecule has 0 aliphatic heterocycles. The smallest absolute Gasteiger partial charge is 0.262 e. The highest BCUT2D eigenvalue weighted by molar-refractivity contribution is 9.10. The third-order valence-corrected chi connectivity index (χ3v) is 4.50. The van der Waals surface area contributed by atoms with Crippen LogP contribution in [-0.2, 0) is 11.3 Å². The van der Waals surface area contributed by atoms with E-state index in [1.807, 2.05) is 29.6 Å². The number of amides is 1. The Morgan fingerprint density at radius 3 is 2.71 bits per heavy atom. The molecule has 1 amide bonds. The maximum atomic E-state index is 12.0. The molecule has 2 aromatic rings. The molecule has 6 heteroatoms. The molecule has 0 spiro atoms. The Hall–Kier alpha value is -1.61. The quantitative estimate of drug-likeness (QED) is 0.631. The van der Waals surface area contributed by atoms with E-state index in [4.69, 9.17) is 16.9 Å². The van der Waals surface area contributed by atoms with Crippen molar-refractivity contribution in [3.8, 4) is 6.07 Å². The van der Waals surface area contributed by atoms with Crippen molar-refractivity contribution in [1.29, 1.82) is 5.26 Å². The maximum Gasteiger partial charge on any atom is 0.262 e. The van der Waals surface area contributed by atoms with Crippen LogP contribution in [0, 0.1) is 11.3 Å². The van der Waals surface area contributed by atoms with Crippen LogP contribution in [0.2, 0.25) is 5.02 Å². The van der Waals surface area contributed by atoms with E-state index in [1.54, 1.807) is 18.2 Å². The zero-order valence-electron chi connectivity index (χ0n) is 10.8. The van der Waals surface area contributed by atoms with E-state index in [2.05, 4.69) is 21.2 Å². The highest BCUT2D eigenvalue weighted by atomic mass is 79.9. The summed E-state index contributed by atoms with van der Waals surface area (Å²) in [6, 6.07) is 11.0. The average Bonchev–Trinajstić information content (AvgIpc) is 2.89. The van der Waals surface area contributed by atoms with Crippen molar-refractivity contribution in [2.45, 2.75) is 6.54 Å². The van der Waals surface area contributed by atoms with Crippen molar-refractivity contribution in [1.82, 2.24) is 5.32 Å². The molecule has 0 radical (unpaired) electrons. The SMILES string of the molecule is N#C/C(=C\c1cc(Br)cs1)C(=O)NCc1ccc(Cl)cc1. The van der Waals surface area contributed by atoms with Crippen LogP contribution in [0.4, 0.5) is 0 Å². The fourth-order valence-electron chi connectivity index (χ4n) is 1.57. The van der Waals surface area contributed by atoms with E-state index in [9.17, 15) is 4.79 Å². The predicted molar refractivity (Wildman–Crippen MR) is 88.9 cm³/mol. The molecular formula is C15H10BrClN2OS. The number of nitriles is 1. The fraction of sp³-hybridized carbons (Fsp3) is 0.0667. The number of nitrogens with zero attached hydrogens (tertiary/aromatic N) is 1. The summed E-state index contributed by atoms with van der Waals surface area (Å²) in [6.07, 6.45) is 1.58. The first-order valence-corrected chi connectivity index (χ1v) is 8.02. The number of carbonyl (C=O) groups is 1. The molecule has 1 N–H and O–H groups in total. The first-order valence-electron chi connectivity index (χ1n) is 5.97. The number of thiophene rings is 1. The maximum absolute atomic E-state index is 12.0. The second kappa shape index (κ2) is 7.41. The summed E-state index contributed by atoms with van der Waals surface area (Å²) in [5, 5.41) is 14.4. The van der Waals surface area contributed by atoms with Crippen LogP contribution in [0.25, 0.3) is 6.08 Å². The summed E-state index contributed by atoms with van der Waals surface area (Å²) < 4.78 is 0.928. The molecule has 1 aromatic heterocycles. The summed E-state index contributed by atoms with van der Waals surface area (Å²) in [4.78, 5) is 12.8. The van der Waals surface area contributed by atoms with Crippen LogP contribution in [0.5, 0.6) is 0 Å². The molecule has 0 aliphatic carbocycles. The van der Waals surface area contributed by atoms with Crippen LogP contribution in [-0.4, -0.2) is 5.91 Å². The second-order valence-electron chi connectivity index (χ2n) is 4.15. The van der Waals surface area contributed by atoms with Gasteiger partial charge in [0.25, 0.3) is 5.91 Å². The Morgan fingerprint density at radius 2 is 2.14 bits per heavy atom. The molecule has 106 valence electrons. The van der Waals surface area contributed by atoms with Crippen molar-refractivity contribution in [2.24, 2.45) is 0 Å². The standard InChI is InChI=1S/C15H10BrClN2OS/c16-12-6-14(21-9-12)5-11(7-18)15(20)19-8-10-1-3-13(17)4-2-10/h1-6,9H,8H2,(H,19,20)/b11-5+. The van der Waals surface area contributed by atoms with Gasteiger partial charge in [-0.3, -0.25) is 4.79 Å². The summed E-state index contributed by atoms with van der Waals surface area (Å²) in [5.74, 6) is -0.392. The largest absolute Gasteiger partial charge is 0.347 e. The molecule has 3 nitrogen and oxygen atoms in total. The van der Waals surface area contributed by atoms with Crippen molar-refractivity contribution in [2.75, 3.05) is 0 Å². The highest BCUT2D eigenvalue weighted by Gasteiger charge is 2.09. The van der Waals surface area contributed by atoms with Gasteiger partial charge in [0.1, 0.15) is 11.6 Å². The molecule has 0 fully saturated rings. The lowest BCUT2D eigenvalue weighted by Gasteiger charge is -2.04. The number of hydrogen-bond acceptors (Lipinski definition) is 3. The van der Waals surface area contributed by atoms with Crippen molar-refractivity contribution in [3.63, 3.8) is 0 Å². The van der Waals surface area contributed by atoms with Crippen LogP contribution in [0.15, 0.2) is 45.8 Å². The van der Waals surface area contributed by atoms with Gasteiger partial charge in [0, 0.05) is 26.3 Å². The normalized spacial score (nSPS) is 11.0. The molecule has 21 heavy (non-hydrogen) atoms. The Morgan fingerprint density at radius 1 is 1.43 bits per heavy atom. The van der Waals surface area contributed by atoms with Gasteiger partial charge in [-0.15, -0.1) is 11.3 Å². The van der Waals surface area contributed by atoms with Gasteiger partial charge in [-0.2, -0.15) is 5.26 Å². The molecule has 0 aliphatic rings. The van der Waals surface area contributed by atoms with Crippen molar-refractivity contribution < 1.29 is 4.79 Å². The zero-order valence-corrected chi connectivity index (χ0v) is 13.9. The summed E-state index contributed by atoms with van der Waals surface area (Å²) in [6.45, 7) is 0.350. The third-order valence-electron chi connectivity index (χ3n) is 2.61. The first kappa shape index (κ1) is 15.8. The van der Waals surface area contributed by atoms with Crippen LogP contribution in [0.1, 0.15) is 10.4 Å². The van der Waals surface area contributed by atoms with Crippen LogP contribution in [0.3, 0.4) is 0 Å². The minimum absolute atomic E-state index is 0.0818. The van der Waals surface area contributed by atoms with Gasteiger partial charge >= 0.3 is 0 Å². The van der Waals surface area contributed by atoms with E-state index < -0.39 is 5.91 Å². The minimum Gasteiger partial charge on any atom is -0.347 e. The highest BCUT2D eigenvalue weighted by Crippen LogP contribution is 2.22. The molecule has 0 saturated carbocycles. The Kier molecular flexibility index (Phi) is 5.57. The lowest BCUT2D eigenvalue weighted by molar-refractivity contribution is -0.117.